The summed E-state index contributed by atoms with van der Waals surface area (Å²) in [5.41, 5.74) is 2.96. The third-order valence-corrected chi connectivity index (χ3v) is 4.42. The van der Waals surface area contributed by atoms with E-state index in [1.165, 1.54) is 0 Å². The Morgan fingerprint density at radius 2 is 1.88 bits per heavy atom. The summed E-state index contributed by atoms with van der Waals surface area (Å²) >= 11 is 0. The lowest BCUT2D eigenvalue weighted by Gasteiger charge is -2.29. The number of aliphatic hydroxyl groups excluding tert-OH is 1. The van der Waals surface area contributed by atoms with Crippen LogP contribution in [0.2, 0.25) is 0 Å². The molecule has 0 aliphatic carbocycles. The van der Waals surface area contributed by atoms with Crippen LogP contribution in [0.15, 0.2) is 54.6 Å². The van der Waals surface area contributed by atoms with Crippen molar-refractivity contribution in [2.45, 2.75) is 25.4 Å². The smallest absolute Gasteiger partial charge is 0.225 e. The van der Waals surface area contributed by atoms with Crippen LogP contribution in [0.25, 0.3) is 11.1 Å². The van der Waals surface area contributed by atoms with Crippen molar-refractivity contribution in [2.75, 3.05) is 25.0 Å². The number of para-hydroxylation sites is 1. The van der Waals surface area contributed by atoms with Crippen molar-refractivity contribution in [3.63, 3.8) is 0 Å². The number of rotatable bonds is 5. The summed E-state index contributed by atoms with van der Waals surface area (Å²) in [6.45, 7) is 2.33. The van der Waals surface area contributed by atoms with E-state index in [4.69, 9.17) is 0 Å². The molecule has 1 fully saturated rings. The topological polar surface area (TPSA) is 52.6 Å². The summed E-state index contributed by atoms with van der Waals surface area (Å²) in [5, 5.41) is 12.7. The van der Waals surface area contributed by atoms with Crippen molar-refractivity contribution in [3.8, 4) is 11.1 Å². The van der Waals surface area contributed by atoms with E-state index in [0.29, 0.717) is 19.5 Å². The molecule has 1 heterocycles. The lowest BCUT2D eigenvalue weighted by atomic mass is 10.0. The number of nitrogens with zero attached hydrogens (tertiary/aromatic N) is 1. The molecule has 1 atom stereocenters. The average Bonchev–Trinajstić information content (AvgIpc) is 2.61. The monoisotopic (exact) mass is 324 g/mol. The Morgan fingerprint density at radius 1 is 1.12 bits per heavy atom. The van der Waals surface area contributed by atoms with Crippen molar-refractivity contribution in [1.82, 2.24) is 4.90 Å². The number of aliphatic hydroxyl groups is 1. The molecule has 4 heteroatoms. The number of carbonyl (C=O) groups excluding carboxylic acids is 1. The van der Waals surface area contributed by atoms with E-state index in [0.717, 1.165) is 36.2 Å². The number of anilines is 1. The van der Waals surface area contributed by atoms with Gasteiger partial charge in [0.25, 0.3) is 0 Å². The standard InChI is InChI=1S/C20H24N2O2/c23-17-9-6-13-22(15-17)14-12-20(24)21-19-11-5-4-10-18(19)16-7-2-1-3-8-16/h1-5,7-8,10-11,17,23H,6,9,12-15H2,(H,21,24)/t17-/m0/s1. The maximum atomic E-state index is 12.3. The van der Waals surface area contributed by atoms with Gasteiger partial charge >= 0.3 is 0 Å². The van der Waals surface area contributed by atoms with Crippen LogP contribution in [-0.4, -0.2) is 41.7 Å². The van der Waals surface area contributed by atoms with E-state index in [1.54, 1.807) is 0 Å². The Morgan fingerprint density at radius 3 is 2.67 bits per heavy atom. The molecule has 4 nitrogen and oxygen atoms in total. The van der Waals surface area contributed by atoms with Gasteiger partial charge in [0.05, 0.1) is 6.10 Å². The van der Waals surface area contributed by atoms with E-state index in [2.05, 4.69) is 10.2 Å². The SMILES string of the molecule is O=C(CCN1CCC[C@H](O)C1)Nc1ccccc1-c1ccccc1. The van der Waals surface area contributed by atoms with Gasteiger partial charge in [-0.3, -0.25) is 4.79 Å². The summed E-state index contributed by atoms with van der Waals surface area (Å²) < 4.78 is 0. The molecule has 0 saturated carbocycles. The van der Waals surface area contributed by atoms with E-state index in [9.17, 15) is 9.90 Å². The number of nitrogens with one attached hydrogen (secondary N) is 1. The molecule has 0 radical (unpaired) electrons. The first-order chi connectivity index (χ1) is 11.7. The fourth-order valence-corrected chi connectivity index (χ4v) is 3.17. The van der Waals surface area contributed by atoms with Crippen LogP contribution in [0.4, 0.5) is 5.69 Å². The Bertz CT molecular complexity index is 672. The molecule has 2 N–H and O–H groups in total. The van der Waals surface area contributed by atoms with Gasteiger partial charge in [0.2, 0.25) is 5.91 Å². The van der Waals surface area contributed by atoms with Gasteiger partial charge < -0.3 is 15.3 Å². The van der Waals surface area contributed by atoms with Crippen LogP contribution in [0.1, 0.15) is 19.3 Å². The first-order valence-corrected chi connectivity index (χ1v) is 8.57. The number of amides is 1. The predicted molar refractivity (Wildman–Crippen MR) is 96.8 cm³/mol. The van der Waals surface area contributed by atoms with Crippen molar-refractivity contribution < 1.29 is 9.90 Å². The van der Waals surface area contributed by atoms with E-state index >= 15 is 0 Å². The van der Waals surface area contributed by atoms with Crippen LogP contribution in [0, 0.1) is 0 Å². The Kier molecular flexibility index (Phi) is 5.62. The summed E-state index contributed by atoms with van der Waals surface area (Å²) in [6.07, 6.45) is 2.06. The van der Waals surface area contributed by atoms with E-state index < -0.39 is 0 Å². The van der Waals surface area contributed by atoms with Gasteiger partial charge in [0, 0.05) is 30.8 Å². The van der Waals surface area contributed by atoms with Gasteiger partial charge in [-0.25, -0.2) is 0 Å². The predicted octanol–water partition coefficient (Wildman–Crippen LogP) is 3.14. The minimum Gasteiger partial charge on any atom is -0.392 e. The minimum absolute atomic E-state index is 0.0124. The van der Waals surface area contributed by atoms with Gasteiger partial charge in [-0.2, -0.15) is 0 Å². The highest BCUT2D eigenvalue weighted by atomic mass is 16.3. The lowest BCUT2D eigenvalue weighted by Crippen LogP contribution is -2.39. The summed E-state index contributed by atoms with van der Waals surface area (Å²) in [6, 6.07) is 17.9. The van der Waals surface area contributed by atoms with Crippen LogP contribution in [0.5, 0.6) is 0 Å². The molecule has 126 valence electrons. The van der Waals surface area contributed by atoms with Crippen LogP contribution in [0.3, 0.4) is 0 Å². The molecule has 1 amide bonds. The largest absolute Gasteiger partial charge is 0.392 e. The molecular formula is C20H24N2O2. The molecule has 1 aliphatic rings. The quantitative estimate of drug-likeness (QED) is 0.888. The number of benzene rings is 2. The number of carbonyl (C=O) groups is 1. The molecule has 2 aromatic carbocycles. The van der Waals surface area contributed by atoms with Crippen LogP contribution in [-0.2, 0) is 4.79 Å². The Balaban J connectivity index is 1.61. The molecule has 0 bridgehead atoms. The summed E-state index contributed by atoms with van der Waals surface area (Å²) in [7, 11) is 0. The molecule has 0 aromatic heterocycles. The molecule has 1 saturated heterocycles. The number of piperidine rings is 1. The third-order valence-electron chi connectivity index (χ3n) is 4.42. The first kappa shape index (κ1) is 16.7. The molecule has 2 aromatic rings. The Hall–Kier alpha value is -2.17. The fraction of sp³-hybridized carbons (Fsp3) is 0.350. The van der Waals surface area contributed by atoms with Crippen LogP contribution >= 0.6 is 0 Å². The van der Waals surface area contributed by atoms with Crippen molar-refractivity contribution >= 4 is 11.6 Å². The number of hydrogen-bond donors (Lipinski definition) is 2. The highest BCUT2D eigenvalue weighted by molar-refractivity contribution is 5.95. The van der Waals surface area contributed by atoms with Gasteiger partial charge in [0.1, 0.15) is 0 Å². The fourth-order valence-electron chi connectivity index (χ4n) is 3.17. The number of β-amino-alcohol motifs (C(OH)–C–C–N with tert-alkyl or cyclic N) is 1. The first-order valence-electron chi connectivity index (χ1n) is 8.57. The molecule has 0 spiro atoms. The zero-order valence-electron chi connectivity index (χ0n) is 13.8. The molecule has 3 rings (SSSR count). The van der Waals surface area contributed by atoms with Gasteiger partial charge in [-0.1, -0.05) is 48.5 Å². The molecule has 1 aliphatic heterocycles. The average molecular weight is 324 g/mol. The lowest BCUT2D eigenvalue weighted by molar-refractivity contribution is -0.116. The number of likely N-dealkylation sites (tertiary alicyclic amines) is 1. The van der Waals surface area contributed by atoms with E-state index in [1.807, 2.05) is 54.6 Å². The normalized spacial score (nSPS) is 18.3. The van der Waals surface area contributed by atoms with Crippen molar-refractivity contribution in [3.05, 3.63) is 54.6 Å². The van der Waals surface area contributed by atoms with Crippen molar-refractivity contribution in [2.24, 2.45) is 0 Å². The maximum Gasteiger partial charge on any atom is 0.225 e. The molecule has 24 heavy (non-hydrogen) atoms. The zero-order chi connectivity index (χ0) is 16.8. The molecular weight excluding hydrogens is 300 g/mol. The maximum absolute atomic E-state index is 12.3. The second-order valence-corrected chi connectivity index (χ2v) is 6.31. The van der Waals surface area contributed by atoms with Gasteiger partial charge in [-0.15, -0.1) is 0 Å². The summed E-state index contributed by atoms with van der Waals surface area (Å²) in [4.78, 5) is 14.5. The Labute approximate surface area is 143 Å². The third kappa shape index (κ3) is 4.43. The second kappa shape index (κ2) is 8.08. The summed E-state index contributed by atoms with van der Waals surface area (Å²) in [5.74, 6) is 0.0124. The van der Waals surface area contributed by atoms with Gasteiger partial charge in [-0.05, 0) is 31.0 Å². The van der Waals surface area contributed by atoms with Crippen LogP contribution < -0.4 is 5.32 Å². The zero-order valence-corrected chi connectivity index (χ0v) is 13.8. The van der Waals surface area contributed by atoms with Gasteiger partial charge in [0.15, 0.2) is 0 Å². The minimum atomic E-state index is -0.249. The second-order valence-electron chi connectivity index (χ2n) is 6.31. The van der Waals surface area contributed by atoms with Crippen molar-refractivity contribution in [1.29, 1.82) is 0 Å². The molecule has 0 unspecified atom stereocenters. The van der Waals surface area contributed by atoms with E-state index in [-0.39, 0.29) is 12.0 Å². The number of hydrogen-bond acceptors (Lipinski definition) is 3. The highest BCUT2D eigenvalue weighted by Gasteiger charge is 2.18. The highest BCUT2D eigenvalue weighted by Crippen LogP contribution is 2.27.